The predicted octanol–water partition coefficient (Wildman–Crippen LogP) is 3.62. The zero-order valence-corrected chi connectivity index (χ0v) is 13.6. The summed E-state index contributed by atoms with van der Waals surface area (Å²) in [7, 11) is -4.01. The molecule has 1 unspecified atom stereocenters. The third-order valence-electron chi connectivity index (χ3n) is 2.07. The number of alkyl halides is 3. The second-order valence-corrected chi connectivity index (χ2v) is 8.05. The molecule has 0 amide bonds. The van der Waals surface area contributed by atoms with Gasteiger partial charge in [-0.3, -0.25) is 4.18 Å². The first-order chi connectivity index (χ1) is 8.59. The first-order valence-electron chi connectivity index (χ1n) is 5.08. The molecular weight excluding hydrogens is 356 g/mol. The summed E-state index contributed by atoms with van der Waals surface area (Å²) in [5, 5.41) is 0.561. The van der Waals surface area contributed by atoms with Gasteiger partial charge in [0.25, 0.3) is 0 Å². The smallest absolute Gasteiger partial charge is 0.254 e. The molecule has 1 aromatic rings. The van der Waals surface area contributed by atoms with E-state index in [1.54, 1.807) is 31.2 Å². The molecule has 0 spiro atoms. The van der Waals surface area contributed by atoms with Gasteiger partial charge in [-0.2, -0.15) is 13.1 Å². The van der Waals surface area contributed by atoms with Gasteiger partial charge in [-0.25, -0.2) is 0 Å². The summed E-state index contributed by atoms with van der Waals surface area (Å²) < 4.78 is 28.2. The molecule has 1 N–H and O–H groups in total. The van der Waals surface area contributed by atoms with E-state index >= 15 is 0 Å². The summed E-state index contributed by atoms with van der Waals surface area (Å²) in [5.41, 5.74) is 0.727. The van der Waals surface area contributed by atoms with Crippen LogP contribution in [0.25, 0.3) is 0 Å². The summed E-state index contributed by atoms with van der Waals surface area (Å²) >= 11 is 22.0. The second kappa shape index (κ2) is 6.80. The highest BCUT2D eigenvalue weighted by atomic mass is 35.6. The highest BCUT2D eigenvalue weighted by Gasteiger charge is 2.25. The van der Waals surface area contributed by atoms with Crippen LogP contribution in [0.15, 0.2) is 24.3 Å². The van der Waals surface area contributed by atoms with Crippen LogP contribution in [0.2, 0.25) is 5.02 Å². The van der Waals surface area contributed by atoms with Crippen molar-refractivity contribution in [2.75, 3.05) is 6.61 Å². The molecule has 9 heteroatoms. The quantitative estimate of drug-likeness (QED) is 0.809. The third-order valence-corrected chi connectivity index (χ3v) is 3.72. The Labute approximate surface area is 132 Å². The van der Waals surface area contributed by atoms with Crippen LogP contribution in [0.4, 0.5) is 0 Å². The second-order valence-electron chi connectivity index (χ2n) is 3.72. The monoisotopic (exact) mass is 365 g/mol. The van der Waals surface area contributed by atoms with Crippen molar-refractivity contribution in [1.29, 1.82) is 0 Å². The average molecular weight is 367 g/mol. The lowest BCUT2D eigenvalue weighted by Crippen LogP contribution is -2.31. The Morgan fingerprint density at radius 2 is 1.79 bits per heavy atom. The fraction of sp³-hybridized carbons (Fsp3) is 0.400. The Morgan fingerprint density at radius 1 is 1.26 bits per heavy atom. The topological polar surface area (TPSA) is 55.4 Å². The molecule has 0 aromatic heterocycles. The minimum absolute atomic E-state index is 0.502. The largest absolute Gasteiger partial charge is 0.336 e. The molecule has 0 aliphatic heterocycles. The van der Waals surface area contributed by atoms with E-state index < -0.39 is 26.7 Å². The van der Waals surface area contributed by atoms with E-state index in [-0.39, 0.29) is 0 Å². The maximum Gasteiger partial charge on any atom is 0.336 e. The van der Waals surface area contributed by atoms with Crippen molar-refractivity contribution < 1.29 is 12.6 Å². The van der Waals surface area contributed by atoms with Crippen LogP contribution in [0, 0.1) is 0 Å². The molecule has 0 radical (unpaired) electrons. The summed E-state index contributed by atoms with van der Waals surface area (Å²) in [6, 6.07) is 6.21. The van der Waals surface area contributed by atoms with E-state index in [4.69, 9.17) is 46.4 Å². The maximum absolute atomic E-state index is 11.6. The molecule has 4 nitrogen and oxygen atoms in total. The Bertz CT molecular complexity index is 513. The number of nitrogens with one attached hydrogen (secondary N) is 1. The van der Waals surface area contributed by atoms with Gasteiger partial charge in [0.05, 0.1) is 0 Å². The summed E-state index contributed by atoms with van der Waals surface area (Å²) in [5.74, 6) is 0. The summed E-state index contributed by atoms with van der Waals surface area (Å²) in [4.78, 5) is 0. The van der Waals surface area contributed by atoms with E-state index in [9.17, 15) is 8.42 Å². The highest BCUT2D eigenvalue weighted by Crippen LogP contribution is 2.26. The third kappa shape index (κ3) is 6.99. The highest BCUT2D eigenvalue weighted by molar-refractivity contribution is 7.84. The first-order valence-corrected chi connectivity index (χ1v) is 8.00. The lowest BCUT2D eigenvalue weighted by Gasteiger charge is -2.16. The normalized spacial score (nSPS) is 14.4. The molecule has 1 rings (SSSR count). The molecule has 1 aromatic carbocycles. The van der Waals surface area contributed by atoms with Gasteiger partial charge in [-0.05, 0) is 24.6 Å². The van der Waals surface area contributed by atoms with Crippen molar-refractivity contribution in [3.63, 3.8) is 0 Å². The zero-order valence-electron chi connectivity index (χ0n) is 9.74. The van der Waals surface area contributed by atoms with Crippen molar-refractivity contribution in [3.05, 3.63) is 34.9 Å². The van der Waals surface area contributed by atoms with Gasteiger partial charge < -0.3 is 0 Å². The zero-order chi connectivity index (χ0) is 14.7. The van der Waals surface area contributed by atoms with E-state index in [1.807, 2.05) is 0 Å². The molecule has 0 aliphatic rings. The lowest BCUT2D eigenvalue weighted by molar-refractivity contribution is 0.314. The van der Waals surface area contributed by atoms with Crippen LogP contribution in [0.5, 0.6) is 0 Å². The molecule has 0 bridgehead atoms. The van der Waals surface area contributed by atoms with Gasteiger partial charge in [-0.1, -0.05) is 58.5 Å². The molecular formula is C10H11Cl4NO3S. The molecule has 108 valence electrons. The number of benzene rings is 1. The van der Waals surface area contributed by atoms with Crippen molar-refractivity contribution in [2.45, 2.75) is 16.8 Å². The molecule has 1 atom stereocenters. The van der Waals surface area contributed by atoms with Crippen molar-refractivity contribution in [2.24, 2.45) is 0 Å². The maximum atomic E-state index is 11.6. The van der Waals surface area contributed by atoms with Crippen LogP contribution >= 0.6 is 46.4 Å². The van der Waals surface area contributed by atoms with Crippen LogP contribution in [0.1, 0.15) is 18.5 Å². The Balaban J connectivity index is 2.65. The lowest BCUT2D eigenvalue weighted by atomic mass is 10.1. The van der Waals surface area contributed by atoms with Gasteiger partial charge in [0.15, 0.2) is 0 Å². The molecule has 0 saturated carbocycles. The molecule has 0 heterocycles. The van der Waals surface area contributed by atoms with Crippen molar-refractivity contribution >= 4 is 56.7 Å². The van der Waals surface area contributed by atoms with Crippen LogP contribution in [-0.2, 0) is 14.5 Å². The van der Waals surface area contributed by atoms with Gasteiger partial charge in [-0.15, -0.1) is 0 Å². The fourth-order valence-corrected chi connectivity index (χ4v) is 2.67. The number of hydrogen-bond acceptors (Lipinski definition) is 3. The molecule has 0 aliphatic carbocycles. The fourth-order valence-electron chi connectivity index (χ4n) is 1.21. The van der Waals surface area contributed by atoms with Crippen molar-refractivity contribution in [1.82, 2.24) is 4.72 Å². The number of rotatable bonds is 5. The SMILES string of the molecule is CC(NS(=O)(=O)OCC(Cl)(Cl)Cl)c1ccc(Cl)cc1. The first kappa shape index (κ1) is 17.3. The molecule has 0 fully saturated rings. The van der Waals surface area contributed by atoms with Crippen LogP contribution < -0.4 is 4.72 Å². The van der Waals surface area contributed by atoms with Crippen molar-refractivity contribution in [3.8, 4) is 0 Å². The summed E-state index contributed by atoms with van der Waals surface area (Å²) in [6.07, 6.45) is 0. The minimum atomic E-state index is -4.01. The van der Waals surface area contributed by atoms with E-state index in [1.165, 1.54) is 0 Å². The van der Waals surface area contributed by atoms with Crippen LogP contribution in [0.3, 0.4) is 0 Å². The van der Waals surface area contributed by atoms with Gasteiger partial charge >= 0.3 is 10.3 Å². The Hall–Kier alpha value is 0.250. The number of halogens is 4. The standard InChI is InChI=1S/C10H11Cl4NO3S/c1-7(8-2-4-9(11)5-3-8)15-19(16,17)18-6-10(12,13)14/h2-5,7,15H,6H2,1H3. The van der Waals surface area contributed by atoms with E-state index in [2.05, 4.69) is 8.91 Å². The average Bonchev–Trinajstić information content (AvgIpc) is 2.26. The Kier molecular flexibility index (Phi) is 6.20. The van der Waals surface area contributed by atoms with E-state index in [0.29, 0.717) is 5.02 Å². The minimum Gasteiger partial charge on any atom is -0.254 e. The number of hydrogen-bond donors (Lipinski definition) is 1. The predicted molar refractivity (Wildman–Crippen MR) is 78.2 cm³/mol. The summed E-state index contributed by atoms with van der Waals surface area (Å²) in [6.45, 7) is 1.08. The van der Waals surface area contributed by atoms with Gasteiger partial charge in [0, 0.05) is 11.1 Å². The molecule has 19 heavy (non-hydrogen) atoms. The molecule has 0 saturated heterocycles. The van der Waals surface area contributed by atoms with E-state index in [0.717, 1.165) is 5.56 Å². The Morgan fingerprint density at radius 3 is 2.26 bits per heavy atom. The van der Waals surface area contributed by atoms with Crippen LogP contribution in [-0.4, -0.2) is 18.8 Å². The van der Waals surface area contributed by atoms with Gasteiger partial charge in [0.2, 0.25) is 3.79 Å². The van der Waals surface area contributed by atoms with Gasteiger partial charge in [0.1, 0.15) is 6.61 Å².